The van der Waals surface area contributed by atoms with Crippen LogP contribution < -0.4 is 9.80 Å². The molecule has 2 amide bonds. The summed E-state index contributed by atoms with van der Waals surface area (Å²) in [5.41, 5.74) is 2.51. The summed E-state index contributed by atoms with van der Waals surface area (Å²) in [6.07, 6.45) is 2.00. The molecule has 4 atom stereocenters. The maximum Gasteiger partial charge on any atom is 0.240 e. The Morgan fingerprint density at radius 3 is 2.15 bits per heavy atom. The SMILES string of the molecule is CC1=C[C@@H]2[C@@H]3C(=O)N(c4ccc(Cl)cc4)C(=O)[C@H]3[C@H](C(=O)C(C)(C)C)N2c2ccc(Cl)cc21. The van der Waals surface area contributed by atoms with Gasteiger partial charge < -0.3 is 4.90 Å². The predicted molar refractivity (Wildman–Crippen MR) is 131 cm³/mol. The molecule has 0 N–H and O–H groups in total. The number of hydrogen-bond donors (Lipinski definition) is 0. The number of fused-ring (bicyclic) bond motifs is 5. The van der Waals surface area contributed by atoms with Crippen LogP contribution in [-0.2, 0) is 14.4 Å². The number of imide groups is 1. The molecule has 3 heterocycles. The molecule has 170 valence electrons. The molecule has 5 nitrogen and oxygen atoms in total. The van der Waals surface area contributed by atoms with Gasteiger partial charge in [0, 0.05) is 26.7 Å². The number of carbonyl (C=O) groups excluding carboxylic acids is 3. The van der Waals surface area contributed by atoms with Crippen LogP contribution in [0.5, 0.6) is 0 Å². The minimum atomic E-state index is -0.768. The van der Waals surface area contributed by atoms with E-state index in [0.717, 1.165) is 16.8 Å². The number of amides is 2. The molecule has 3 aliphatic rings. The average molecular weight is 483 g/mol. The Morgan fingerprint density at radius 2 is 1.52 bits per heavy atom. The van der Waals surface area contributed by atoms with Gasteiger partial charge in [-0.1, -0.05) is 50.0 Å². The largest absolute Gasteiger partial charge is 0.353 e. The maximum atomic E-state index is 13.8. The second-order valence-corrected chi connectivity index (χ2v) is 10.9. The first kappa shape index (κ1) is 22.2. The topological polar surface area (TPSA) is 57.7 Å². The number of nitrogens with zero attached hydrogens (tertiary/aromatic N) is 2. The van der Waals surface area contributed by atoms with Crippen molar-refractivity contribution in [3.8, 4) is 0 Å². The first-order valence-corrected chi connectivity index (χ1v) is 11.7. The smallest absolute Gasteiger partial charge is 0.240 e. The minimum absolute atomic E-state index is 0.0621. The van der Waals surface area contributed by atoms with Gasteiger partial charge in [-0.05, 0) is 55.0 Å². The van der Waals surface area contributed by atoms with Crippen molar-refractivity contribution in [2.45, 2.75) is 39.8 Å². The molecule has 2 saturated heterocycles. The molecule has 33 heavy (non-hydrogen) atoms. The minimum Gasteiger partial charge on any atom is -0.353 e. The van der Waals surface area contributed by atoms with Crippen LogP contribution in [0.2, 0.25) is 10.0 Å². The zero-order valence-electron chi connectivity index (χ0n) is 18.8. The highest BCUT2D eigenvalue weighted by atomic mass is 35.5. The van der Waals surface area contributed by atoms with Crippen LogP contribution in [0.15, 0.2) is 48.5 Å². The lowest BCUT2D eigenvalue weighted by Crippen LogP contribution is -2.51. The Bertz CT molecular complexity index is 1230. The van der Waals surface area contributed by atoms with E-state index in [4.69, 9.17) is 23.2 Å². The van der Waals surface area contributed by atoms with Gasteiger partial charge in [0.15, 0.2) is 5.78 Å². The first-order chi connectivity index (χ1) is 15.5. The molecule has 0 aromatic heterocycles. The Kier molecular flexibility index (Phi) is 5.00. The first-order valence-electron chi connectivity index (χ1n) is 10.9. The van der Waals surface area contributed by atoms with Crippen molar-refractivity contribution in [2.24, 2.45) is 17.3 Å². The monoisotopic (exact) mass is 482 g/mol. The fraction of sp³-hybridized carbons (Fsp3) is 0.346. The third-order valence-corrected chi connectivity index (χ3v) is 7.39. The number of ketones is 1. The maximum absolute atomic E-state index is 13.8. The molecule has 0 bridgehead atoms. The van der Waals surface area contributed by atoms with Crippen molar-refractivity contribution >= 4 is 57.7 Å². The summed E-state index contributed by atoms with van der Waals surface area (Å²) < 4.78 is 0. The molecule has 2 aromatic carbocycles. The van der Waals surface area contributed by atoms with Gasteiger partial charge in [0.2, 0.25) is 11.8 Å². The second-order valence-electron chi connectivity index (χ2n) is 10.0. The normalized spacial score (nSPS) is 26.2. The lowest BCUT2D eigenvalue weighted by Gasteiger charge is -2.39. The molecule has 0 saturated carbocycles. The van der Waals surface area contributed by atoms with Crippen molar-refractivity contribution < 1.29 is 14.4 Å². The molecule has 7 heteroatoms. The summed E-state index contributed by atoms with van der Waals surface area (Å²) >= 11 is 12.3. The average Bonchev–Trinajstić information content (AvgIpc) is 3.21. The zero-order chi connectivity index (χ0) is 23.8. The summed E-state index contributed by atoms with van der Waals surface area (Å²) in [6.45, 7) is 7.52. The standard InChI is InChI=1S/C26H24Cl2N2O3/c1-13-11-19-20-21(25(33)29(24(20)32)16-8-5-14(27)6-9-16)22(23(31)26(2,3)4)30(19)18-10-7-15(28)12-17(13)18/h5-12,19-22H,1-4H3/t19-,20+,21-,22-/m1/s1. The van der Waals surface area contributed by atoms with Crippen LogP contribution in [0.3, 0.4) is 0 Å². The highest BCUT2D eigenvalue weighted by Gasteiger charge is 2.65. The third kappa shape index (κ3) is 3.24. The van der Waals surface area contributed by atoms with E-state index in [-0.39, 0.29) is 17.6 Å². The quantitative estimate of drug-likeness (QED) is 0.538. The van der Waals surface area contributed by atoms with Crippen LogP contribution in [0.25, 0.3) is 5.57 Å². The number of Topliss-reactive ketones (excluding diaryl/α,β-unsaturated/α-hetero) is 1. The summed E-state index contributed by atoms with van der Waals surface area (Å²) in [5, 5.41) is 1.12. The lowest BCUT2D eigenvalue weighted by atomic mass is 9.79. The van der Waals surface area contributed by atoms with E-state index >= 15 is 0 Å². The van der Waals surface area contributed by atoms with Gasteiger partial charge in [0.1, 0.15) is 6.04 Å². The van der Waals surface area contributed by atoms with E-state index in [0.29, 0.717) is 15.7 Å². The zero-order valence-corrected chi connectivity index (χ0v) is 20.3. The lowest BCUT2D eigenvalue weighted by molar-refractivity contribution is -0.132. The highest BCUT2D eigenvalue weighted by molar-refractivity contribution is 6.31. The summed E-state index contributed by atoms with van der Waals surface area (Å²) in [4.78, 5) is 44.5. The van der Waals surface area contributed by atoms with Gasteiger partial charge >= 0.3 is 0 Å². The molecule has 0 unspecified atom stereocenters. The van der Waals surface area contributed by atoms with Crippen LogP contribution in [0.1, 0.15) is 33.3 Å². The van der Waals surface area contributed by atoms with E-state index in [1.807, 2.05) is 50.8 Å². The molecule has 0 aliphatic carbocycles. The molecule has 2 aromatic rings. The number of hydrogen-bond acceptors (Lipinski definition) is 4. The number of halogens is 2. The van der Waals surface area contributed by atoms with Gasteiger partial charge in [0.05, 0.1) is 23.6 Å². The molecule has 3 aliphatic heterocycles. The Hall–Kier alpha value is -2.63. The Labute approximate surface area is 203 Å². The van der Waals surface area contributed by atoms with Crippen LogP contribution >= 0.6 is 23.2 Å². The van der Waals surface area contributed by atoms with E-state index in [1.54, 1.807) is 30.3 Å². The summed E-state index contributed by atoms with van der Waals surface area (Å²) in [7, 11) is 0. The van der Waals surface area contributed by atoms with Crippen molar-refractivity contribution in [3.63, 3.8) is 0 Å². The number of rotatable bonds is 2. The molecular formula is C26H24Cl2N2O3. The van der Waals surface area contributed by atoms with Crippen LogP contribution in [0, 0.1) is 17.3 Å². The van der Waals surface area contributed by atoms with E-state index in [2.05, 4.69) is 0 Å². The van der Waals surface area contributed by atoms with Crippen molar-refractivity contribution in [1.82, 2.24) is 0 Å². The van der Waals surface area contributed by atoms with Gasteiger partial charge in [0.25, 0.3) is 0 Å². The van der Waals surface area contributed by atoms with E-state index in [9.17, 15) is 14.4 Å². The molecular weight excluding hydrogens is 459 g/mol. The van der Waals surface area contributed by atoms with Crippen molar-refractivity contribution in [3.05, 3.63) is 64.1 Å². The van der Waals surface area contributed by atoms with E-state index < -0.39 is 29.3 Å². The summed E-state index contributed by atoms with van der Waals surface area (Å²) in [6, 6.07) is 11.0. The van der Waals surface area contributed by atoms with Crippen LogP contribution in [0.4, 0.5) is 11.4 Å². The number of anilines is 2. The molecule has 5 rings (SSSR count). The van der Waals surface area contributed by atoms with Gasteiger partial charge in [-0.2, -0.15) is 0 Å². The fourth-order valence-corrected chi connectivity index (χ4v) is 5.70. The van der Waals surface area contributed by atoms with Gasteiger partial charge in [-0.3, -0.25) is 14.4 Å². The van der Waals surface area contributed by atoms with Gasteiger partial charge in [-0.15, -0.1) is 0 Å². The fourth-order valence-electron chi connectivity index (χ4n) is 5.40. The van der Waals surface area contributed by atoms with Crippen molar-refractivity contribution in [2.75, 3.05) is 9.80 Å². The van der Waals surface area contributed by atoms with Gasteiger partial charge in [-0.25, -0.2) is 4.90 Å². The summed E-state index contributed by atoms with van der Waals surface area (Å²) in [5.74, 6) is -2.11. The predicted octanol–water partition coefficient (Wildman–Crippen LogP) is 5.39. The Balaban J connectivity index is 1.68. The number of allylic oxidation sites excluding steroid dienone is 1. The molecule has 0 radical (unpaired) electrons. The number of benzene rings is 2. The highest BCUT2D eigenvalue weighted by Crippen LogP contribution is 2.52. The van der Waals surface area contributed by atoms with Crippen molar-refractivity contribution in [1.29, 1.82) is 0 Å². The molecule has 0 spiro atoms. The second kappa shape index (κ2) is 7.44. The van der Waals surface area contributed by atoms with E-state index in [1.165, 1.54) is 4.90 Å². The Morgan fingerprint density at radius 1 is 0.909 bits per heavy atom. The van der Waals surface area contributed by atoms with Crippen LogP contribution in [-0.4, -0.2) is 29.7 Å². The number of carbonyl (C=O) groups is 3. The molecule has 2 fully saturated rings. The third-order valence-electron chi connectivity index (χ3n) is 6.90.